The molecule has 3 aromatic rings. The fourth-order valence-electron chi connectivity index (χ4n) is 9.28. The summed E-state index contributed by atoms with van der Waals surface area (Å²) in [4.78, 5) is 27.4. The summed E-state index contributed by atoms with van der Waals surface area (Å²) >= 11 is 0. The Morgan fingerprint density at radius 1 is 0.978 bits per heavy atom. The number of benzene rings is 2. The number of piperidine rings is 1. The Labute approximate surface area is 274 Å². The second kappa shape index (κ2) is 13.7. The standard InChI is InChI=1S/C39H51N5O2/c1-3-36(29-15-17-30(18-16-29)38(45)46)43(2)39-41-34-21-19-31(27-10-6-4-7-11-27)23-33(34)37(42-39)40-35(28-12-8-5-9-13-28)25-44-24-26-14-20-32(44)22-26/h4-13,26,29-32,35-36H,3,14-25H2,1-2H3,(H,45,46)(H,40,41,42)/t26-,29?,30?,31-,32-,35+,36-/m1/s1. The largest absolute Gasteiger partial charge is 0.481 e. The molecule has 244 valence electrons. The van der Waals surface area contributed by atoms with Crippen LogP contribution in [0.3, 0.4) is 0 Å². The minimum Gasteiger partial charge on any atom is -0.481 e. The molecule has 5 atom stereocenters. The summed E-state index contributed by atoms with van der Waals surface area (Å²) in [6.07, 6.45) is 11.5. The Hall–Kier alpha value is -3.45. The van der Waals surface area contributed by atoms with Crippen molar-refractivity contribution in [1.29, 1.82) is 0 Å². The number of carboxylic acids is 1. The molecule has 2 saturated carbocycles. The first-order chi connectivity index (χ1) is 22.5. The first kappa shape index (κ1) is 31.2. The predicted molar refractivity (Wildman–Crippen MR) is 184 cm³/mol. The average Bonchev–Trinajstić information content (AvgIpc) is 3.73. The second-order valence-corrected chi connectivity index (χ2v) is 14.6. The summed E-state index contributed by atoms with van der Waals surface area (Å²) in [5.41, 5.74) is 5.17. The average molecular weight is 622 g/mol. The summed E-state index contributed by atoms with van der Waals surface area (Å²) in [5, 5.41) is 13.6. The van der Waals surface area contributed by atoms with E-state index in [1.807, 2.05) is 0 Å². The SMILES string of the molecule is CC[C@H](C1CCC(C(=O)O)CC1)N(C)c1nc2c(c(N[C@@H](CN3C[C@@H]4CC[C@@H]3C4)c3ccccc3)n1)C[C@H](c1ccccc1)CC2. The van der Waals surface area contributed by atoms with Crippen LogP contribution in [-0.2, 0) is 17.6 Å². The third kappa shape index (κ3) is 6.53. The fraction of sp³-hybridized carbons (Fsp3) is 0.564. The molecule has 1 aromatic heterocycles. The van der Waals surface area contributed by atoms with Crippen LogP contribution in [-0.4, -0.2) is 58.2 Å². The zero-order valence-electron chi connectivity index (χ0n) is 27.7. The van der Waals surface area contributed by atoms with Crippen molar-refractivity contribution in [3.8, 4) is 0 Å². The van der Waals surface area contributed by atoms with Gasteiger partial charge in [-0.15, -0.1) is 0 Å². The van der Waals surface area contributed by atoms with Crippen LogP contribution in [0.5, 0.6) is 0 Å². The molecule has 3 fully saturated rings. The van der Waals surface area contributed by atoms with Gasteiger partial charge in [-0.05, 0) is 99.5 Å². The summed E-state index contributed by atoms with van der Waals surface area (Å²) in [5.74, 6) is 2.72. The summed E-state index contributed by atoms with van der Waals surface area (Å²) in [7, 11) is 2.16. The number of nitrogens with zero attached hydrogens (tertiary/aromatic N) is 4. The van der Waals surface area contributed by atoms with Gasteiger partial charge in [-0.1, -0.05) is 67.6 Å². The lowest BCUT2D eigenvalue weighted by molar-refractivity contribution is -0.143. The van der Waals surface area contributed by atoms with E-state index in [9.17, 15) is 9.90 Å². The maximum Gasteiger partial charge on any atom is 0.306 e. The van der Waals surface area contributed by atoms with E-state index in [-0.39, 0.29) is 18.0 Å². The second-order valence-electron chi connectivity index (χ2n) is 14.6. The molecule has 2 aromatic carbocycles. The molecule has 46 heavy (non-hydrogen) atoms. The number of likely N-dealkylation sites (tertiary alicyclic amines) is 1. The van der Waals surface area contributed by atoms with Gasteiger partial charge in [-0.3, -0.25) is 9.69 Å². The van der Waals surface area contributed by atoms with Gasteiger partial charge in [-0.2, -0.15) is 4.98 Å². The highest BCUT2D eigenvalue weighted by Crippen LogP contribution is 2.41. The summed E-state index contributed by atoms with van der Waals surface area (Å²) in [6, 6.07) is 23.0. The van der Waals surface area contributed by atoms with Gasteiger partial charge in [0, 0.05) is 37.8 Å². The number of rotatable bonds is 11. The number of aliphatic carboxylic acids is 1. The molecule has 4 aliphatic rings. The van der Waals surface area contributed by atoms with Gasteiger partial charge in [0.2, 0.25) is 5.95 Å². The zero-order valence-corrected chi connectivity index (χ0v) is 27.7. The maximum absolute atomic E-state index is 11.6. The lowest BCUT2D eigenvalue weighted by Crippen LogP contribution is -2.41. The molecule has 2 bridgehead atoms. The predicted octanol–water partition coefficient (Wildman–Crippen LogP) is 7.49. The van der Waals surface area contributed by atoms with Gasteiger partial charge in [-0.25, -0.2) is 4.98 Å². The van der Waals surface area contributed by atoms with Gasteiger partial charge < -0.3 is 15.3 Å². The number of fused-ring (bicyclic) bond motifs is 3. The van der Waals surface area contributed by atoms with Crippen LogP contribution in [0.1, 0.15) is 99.1 Å². The van der Waals surface area contributed by atoms with Crippen molar-refractivity contribution in [1.82, 2.24) is 14.9 Å². The normalized spacial score (nSPS) is 27.1. The molecule has 0 unspecified atom stereocenters. The van der Waals surface area contributed by atoms with E-state index in [0.717, 1.165) is 75.6 Å². The third-order valence-electron chi connectivity index (χ3n) is 11.9. The van der Waals surface area contributed by atoms with Crippen molar-refractivity contribution in [2.45, 2.75) is 102 Å². The number of aryl methyl sites for hydroxylation is 1. The van der Waals surface area contributed by atoms with Crippen LogP contribution < -0.4 is 10.2 Å². The van der Waals surface area contributed by atoms with Gasteiger partial charge in [0.1, 0.15) is 5.82 Å². The first-order valence-corrected chi connectivity index (χ1v) is 17.9. The highest BCUT2D eigenvalue weighted by molar-refractivity contribution is 5.70. The molecule has 7 rings (SSSR count). The first-order valence-electron chi connectivity index (χ1n) is 17.9. The lowest BCUT2D eigenvalue weighted by atomic mass is 9.77. The minimum absolute atomic E-state index is 0.142. The molecule has 2 heterocycles. The number of nitrogens with one attached hydrogen (secondary N) is 1. The number of anilines is 2. The monoisotopic (exact) mass is 621 g/mol. The minimum atomic E-state index is -0.642. The molecule has 1 aliphatic heterocycles. The molecule has 0 spiro atoms. The van der Waals surface area contributed by atoms with Gasteiger partial charge in [0.05, 0.1) is 17.7 Å². The number of hydrogen-bond donors (Lipinski definition) is 2. The Balaban J connectivity index is 1.21. The van der Waals surface area contributed by atoms with Gasteiger partial charge >= 0.3 is 5.97 Å². The topological polar surface area (TPSA) is 81.6 Å². The Kier molecular flexibility index (Phi) is 9.30. The van der Waals surface area contributed by atoms with Crippen LogP contribution in [0.2, 0.25) is 0 Å². The summed E-state index contributed by atoms with van der Waals surface area (Å²) < 4.78 is 0. The summed E-state index contributed by atoms with van der Waals surface area (Å²) in [6.45, 7) is 4.45. The van der Waals surface area contributed by atoms with Crippen molar-refractivity contribution >= 4 is 17.7 Å². The highest BCUT2D eigenvalue weighted by Gasteiger charge is 2.39. The van der Waals surface area contributed by atoms with E-state index in [1.54, 1.807) is 0 Å². The van der Waals surface area contributed by atoms with Crippen LogP contribution in [0.15, 0.2) is 60.7 Å². The molecule has 0 radical (unpaired) electrons. The molecule has 1 saturated heterocycles. The molecule has 2 N–H and O–H groups in total. The number of aromatic nitrogens is 2. The highest BCUT2D eigenvalue weighted by atomic mass is 16.4. The van der Waals surface area contributed by atoms with E-state index in [0.29, 0.717) is 17.9 Å². The van der Waals surface area contributed by atoms with E-state index < -0.39 is 5.97 Å². The van der Waals surface area contributed by atoms with Crippen LogP contribution in [0.4, 0.5) is 11.8 Å². The molecular weight excluding hydrogens is 570 g/mol. The van der Waals surface area contributed by atoms with E-state index in [2.05, 4.69) is 89.8 Å². The zero-order chi connectivity index (χ0) is 31.6. The van der Waals surface area contributed by atoms with Crippen molar-refractivity contribution < 1.29 is 9.90 Å². The Bertz CT molecular complexity index is 1470. The van der Waals surface area contributed by atoms with Crippen molar-refractivity contribution in [2.24, 2.45) is 17.8 Å². The molecule has 0 amide bonds. The molecule has 3 aliphatic carbocycles. The van der Waals surface area contributed by atoms with Crippen molar-refractivity contribution in [2.75, 3.05) is 30.4 Å². The number of carbonyl (C=O) groups is 1. The van der Waals surface area contributed by atoms with Gasteiger partial charge in [0.15, 0.2) is 0 Å². The number of carboxylic acid groups (broad SMARTS) is 1. The van der Waals surface area contributed by atoms with E-state index >= 15 is 0 Å². The van der Waals surface area contributed by atoms with Crippen molar-refractivity contribution in [3.05, 3.63) is 83.0 Å². The Morgan fingerprint density at radius 2 is 1.72 bits per heavy atom. The molecular formula is C39H51N5O2. The fourth-order valence-corrected chi connectivity index (χ4v) is 9.28. The quantitative estimate of drug-likeness (QED) is 0.230. The maximum atomic E-state index is 11.6. The third-order valence-corrected chi connectivity index (χ3v) is 11.9. The van der Waals surface area contributed by atoms with E-state index in [4.69, 9.17) is 9.97 Å². The lowest BCUT2D eigenvalue weighted by Gasteiger charge is -2.38. The molecule has 7 heteroatoms. The van der Waals surface area contributed by atoms with Crippen LogP contribution in [0.25, 0.3) is 0 Å². The number of hydrogen-bond acceptors (Lipinski definition) is 6. The van der Waals surface area contributed by atoms with E-state index in [1.165, 1.54) is 48.2 Å². The molecule has 7 nitrogen and oxygen atoms in total. The van der Waals surface area contributed by atoms with Crippen LogP contribution in [0, 0.1) is 17.8 Å². The smallest absolute Gasteiger partial charge is 0.306 e. The van der Waals surface area contributed by atoms with Gasteiger partial charge in [0.25, 0.3) is 0 Å². The Morgan fingerprint density at radius 3 is 2.37 bits per heavy atom. The van der Waals surface area contributed by atoms with Crippen molar-refractivity contribution in [3.63, 3.8) is 0 Å². The van der Waals surface area contributed by atoms with Crippen LogP contribution >= 0.6 is 0 Å².